The number of rotatable bonds is 5. The molecule has 1 spiro atoms. The van der Waals surface area contributed by atoms with E-state index in [1.165, 1.54) is 12.1 Å². The molecule has 1 aromatic heterocycles. The molecule has 2 N–H and O–H groups in total. The van der Waals surface area contributed by atoms with Gasteiger partial charge in [0.15, 0.2) is 0 Å². The number of benzene rings is 1. The average molecular weight is 461 g/mol. The van der Waals surface area contributed by atoms with Gasteiger partial charge in [-0.1, -0.05) is 18.2 Å². The first kappa shape index (κ1) is 22.4. The quantitative estimate of drug-likeness (QED) is 0.669. The predicted molar refractivity (Wildman–Crippen MR) is 116 cm³/mol. The van der Waals surface area contributed by atoms with Gasteiger partial charge in [-0.05, 0) is 36.4 Å². The summed E-state index contributed by atoms with van der Waals surface area (Å²) in [7, 11) is 0. The SMILES string of the molecule is O=C(NC[C@H]1[C@H]2CN(C(=O)Cc3cccs3)C[C@]23CC[C@H]1O3)c1ccccc1F.O=CO. The lowest BCUT2D eigenvalue weighted by Gasteiger charge is -2.29. The van der Waals surface area contributed by atoms with Crippen molar-refractivity contribution in [3.63, 3.8) is 0 Å². The summed E-state index contributed by atoms with van der Waals surface area (Å²) in [6.45, 7) is 1.49. The number of nitrogens with one attached hydrogen (secondary N) is 1. The molecule has 3 aliphatic rings. The maximum Gasteiger partial charge on any atom is 0.290 e. The van der Waals surface area contributed by atoms with Crippen molar-refractivity contribution >= 4 is 29.6 Å². The number of halogens is 1. The Kier molecular flexibility index (Phi) is 6.57. The van der Waals surface area contributed by atoms with Crippen LogP contribution in [0.1, 0.15) is 28.1 Å². The van der Waals surface area contributed by atoms with Crippen LogP contribution in [0.15, 0.2) is 41.8 Å². The topological polar surface area (TPSA) is 95.9 Å². The van der Waals surface area contributed by atoms with Crippen molar-refractivity contribution in [2.24, 2.45) is 11.8 Å². The first-order chi connectivity index (χ1) is 15.5. The summed E-state index contributed by atoms with van der Waals surface area (Å²) in [6.07, 6.45) is 2.45. The van der Waals surface area contributed by atoms with Crippen LogP contribution in [0.3, 0.4) is 0 Å². The van der Waals surface area contributed by atoms with E-state index >= 15 is 0 Å². The molecule has 3 saturated heterocycles. The molecule has 0 aliphatic carbocycles. The lowest BCUT2D eigenvalue weighted by molar-refractivity contribution is -0.131. The van der Waals surface area contributed by atoms with Gasteiger partial charge in [0.1, 0.15) is 5.82 Å². The predicted octanol–water partition coefficient (Wildman–Crippen LogP) is 2.57. The van der Waals surface area contributed by atoms with Gasteiger partial charge in [0.05, 0.1) is 30.2 Å². The Morgan fingerprint density at radius 3 is 2.81 bits per heavy atom. The number of fused-ring (bicyclic) bond motifs is 1. The second-order valence-corrected chi connectivity index (χ2v) is 9.39. The van der Waals surface area contributed by atoms with Crippen molar-refractivity contribution in [1.29, 1.82) is 0 Å². The third-order valence-electron chi connectivity index (χ3n) is 6.66. The highest BCUT2D eigenvalue weighted by Crippen LogP contribution is 2.54. The van der Waals surface area contributed by atoms with Gasteiger partial charge in [0.2, 0.25) is 5.91 Å². The molecule has 3 aliphatic heterocycles. The Bertz CT molecular complexity index is 985. The van der Waals surface area contributed by atoms with E-state index in [0.717, 1.165) is 17.7 Å². The smallest absolute Gasteiger partial charge is 0.290 e. The minimum atomic E-state index is -0.517. The maximum atomic E-state index is 13.9. The Balaban J connectivity index is 0.000000775. The lowest BCUT2D eigenvalue weighted by Crippen LogP contribution is -2.42. The number of amides is 2. The largest absolute Gasteiger partial charge is 0.483 e. The highest BCUT2D eigenvalue weighted by atomic mass is 32.1. The van der Waals surface area contributed by atoms with E-state index in [1.807, 2.05) is 22.4 Å². The van der Waals surface area contributed by atoms with Crippen LogP contribution in [0.5, 0.6) is 0 Å². The monoisotopic (exact) mass is 460 g/mol. The van der Waals surface area contributed by atoms with Crippen LogP contribution in [0.2, 0.25) is 0 Å². The number of hydrogen-bond acceptors (Lipinski definition) is 5. The van der Waals surface area contributed by atoms with Crippen LogP contribution in [-0.2, 0) is 20.7 Å². The van der Waals surface area contributed by atoms with E-state index in [9.17, 15) is 14.0 Å². The van der Waals surface area contributed by atoms with E-state index in [0.29, 0.717) is 26.1 Å². The van der Waals surface area contributed by atoms with Gasteiger partial charge in [-0.2, -0.15) is 0 Å². The molecule has 4 heterocycles. The van der Waals surface area contributed by atoms with Crippen LogP contribution < -0.4 is 5.32 Å². The molecule has 0 unspecified atom stereocenters. The van der Waals surface area contributed by atoms with Crippen LogP contribution in [0.25, 0.3) is 0 Å². The summed E-state index contributed by atoms with van der Waals surface area (Å²) in [6, 6.07) is 9.95. The summed E-state index contributed by atoms with van der Waals surface area (Å²) < 4.78 is 20.2. The maximum absolute atomic E-state index is 13.9. The summed E-state index contributed by atoms with van der Waals surface area (Å²) in [4.78, 5) is 36.6. The van der Waals surface area contributed by atoms with Crippen molar-refractivity contribution in [3.8, 4) is 0 Å². The molecule has 9 heteroatoms. The molecule has 1 aromatic carbocycles. The molecule has 2 bridgehead atoms. The third-order valence-corrected chi connectivity index (χ3v) is 7.54. The lowest BCUT2D eigenvalue weighted by atomic mass is 9.73. The van der Waals surface area contributed by atoms with Gasteiger partial charge in [-0.25, -0.2) is 4.39 Å². The summed E-state index contributed by atoms with van der Waals surface area (Å²) in [5.41, 5.74) is -0.214. The Morgan fingerprint density at radius 2 is 2.09 bits per heavy atom. The second-order valence-electron chi connectivity index (χ2n) is 8.36. The third kappa shape index (κ3) is 4.27. The second kappa shape index (κ2) is 9.38. The summed E-state index contributed by atoms with van der Waals surface area (Å²) in [5.74, 6) is -0.411. The number of carbonyl (C=O) groups excluding carboxylic acids is 2. The van der Waals surface area contributed by atoms with E-state index in [4.69, 9.17) is 14.6 Å². The van der Waals surface area contributed by atoms with Crippen molar-refractivity contribution in [1.82, 2.24) is 10.2 Å². The fourth-order valence-electron chi connectivity index (χ4n) is 5.28. The number of thiophene rings is 1. The zero-order chi connectivity index (χ0) is 22.7. The first-order valence-corrected chi connectivity index (χ1v) is 11.4. The molecule has 2 aromatic rings. The average Bonchev–Trinajstić information content (AvgIpc) is 3.54. The Labute approximate surface area is 189 Å². The number of carbonyl (C=O) groups is 3. The van der Waals surface area contributed by atoms with Gasteiger partial charge in [0, 0.05) is 29.8 Å². The van der Waals surface area contributed by atoms with E-state index < -0.39 is 11.7 Å². The molecule has 4 atom stereocenters. The van der Waals surface area contributed by atoms with Gasteiger partial charge in [-0.3, -0.25) is 14.4 Å². The molecular formula is C23H25FN2O5S. The molecule has 2 amide bonds. The van der Waals surface area contributed by atoms with E-state index in [-0.39, 0.29) is 41.5 Å². The number of likely N-dealkylation sites (tertiary alicyclic amines) is 1. The molecular weight excluding hydrogens is 435 g/mol. The van der Waals surface area contributed by atoms with Crippen LogP contribution in [0, 0.1) is 17.7 Å². The highest BCUT2D eigenvalue weighted by Gasteiger charge is 2.63. The van der Waals surface area contributed by atoms with Crippen molar-refractivity contribution in [2.45, 2.75) is 31.0 Å². The number of nitrogens with zero attached hydrogens (tertiary/aromatic N) is 1. The van der Waals surface area contributed by atoms with Crippen LogP contribution in [0.4, 0.5) is 4.39 Å². The van der Waals surface area contributed by atoms with Crippen molar-refractivity contribution in [2.75, 3.05) is 19.6 Å². The number of hydrogen-bond donors (Lipinski definition) is 2. The zero-order valence-corrected chi connectivity index (χ0v) is 18.2. The first-order valence-electron chi connectivity index (χ1n) is 10.6. The van der Waals surface area contributed by atoms with E-state index in [1.54, 1.807) is 23.5 Å². The summed E-state index contributed by atoms with van der Waals surface area (Å²) >= 11 is 1.60. The van der Waals surface area contributed by atoms with Gasteiger partial charge in [-0.15, -0.1) is 11.3 Å². The molecule has 0 radical (unpaired) electrons. The minimum Gasteiger partial charge on any atom is -0.483 e. The molecule has 3 fully saturated rings. The molecule has 170 valence electrons. The van der Waals surface area contributed by atoms with E-state index in [2.05, 4.69) is 5.32 Å². The Morgan fingerprint density at radius 1 is 1.31 bits per heavy atom. The highest BCUT2D eigenvalue weighted by molar-refractivity contribution is 7.10. The molecule has 0 saturated carbocycles. The van der Waals surface area contributed by atoms with Crippen LogP contribution in [-0.4, -0.2) is 59.6 Å². The number of carboxylic acid groups (broad SMARTS) is 1. The van der Waals surface area contributed by atoms with Crippen LogP contribution >= 0.6 is 11.3 Å². The molecule has 5 rings (SSSR count). The minimum absolute atomic E-state index is 0.0606. The van der Waals surface area contributed by atoms with Crippen molar-refractivity contribution in [3.05, 3.63) is 58.0 Å². The normalized spacial score (nSPS) is 27.4. The standard InChI is InChI=1S/C22H23FN2O3S.CH2O2/c23-18-6-2-1-5-15(18)21(27)24-11-16-17-12-25(13-22(17)8-7-19(16)28-22)20(26)10-14-4-3-9-29-14;2-1-3/h1-6,9,16-17,19H,7-8,10-13H2,(H,24,27);1H,(H,2,3)/t16-,17+,19+,22+;/m0./s1. The fourth-order valence-corrected chi connectivity index (χ4v) is 5.97. The fraction of sp³-hybridized carbons (Fsp3) is 0.435. The van der Waals surface area contributed by atoms with Gasteiger partial charge < -0.3 is 20.1 Å². The molecule has 7 nitrogen and oxygen atoms in total. The Hall–Kier alpha value is -2.78. The zero-order valence-electron chi connectivity index (χ0n) is 17.4. The van der Waals surface area contributed by atoms with Crippen molar-refractivity contribution < 1.29 is 28.6 Å². The molecule has 32 heavy (non-hydrogen) atoms. The number of ether oxygens (including phenoxy) is 1. The van der Waals surface area contributed by atoms with Gasteiger partial charge >= 0.3 is 0 Å². The summed E-state index contributed by atoms with van der Waals surface area (Å²) in [5, 5.41) is 11.8. The van der Waals surface area contributed by atoms with Gasteiger partial charge in [0.25, 0.3) is 12.4 Å².